The molecule has 0 unspecified atom stereocenters. The molecule has 3 aromatic rings. The van der Waals surface area contributed by atoms with Gasteiger partial charge in [-0.05, 0) is 54.1 Å². The number of anilines is 1. The van der Waals surface area contributed by atoms with E-state index in [2.05, 4.69) is 5.32 Å². The van der Waals surface area contributed by atoms with Gasteiger partial charge < -0.3 is 14.8 Å². The third kappa shape index (κ3) is 5.67. The van der Waals surface area contributed by atoms with Gasteiger partial charge in [-0.3, -0.25) is 4.79 Å². The van der Waals surface area contributed by atoms with Gasteiger partial charge in [0.25, 0.3) is 5.91 Å². The lowest BCUT2D eigenvalue weighted by Gasteiger charge is -2.14. The van der Waals surface area contributed by atoms with Crippen molar-refractivity contribution in [3.05, 3.63) is 89.5 Å². The third-order valence-electron chi connectivity index (χ3n) is 4.26. The number of amides is 1. The molecule has 7 heteroatoms. The lowest BCUT2D eigenvalue weighted by molar-refractivity contribution is -0.118. The lowest BCUT2D eigenvalue weighted by Crippen LogP contribution is -2.20. The fourth-order valence-electron chi connectivity index (χ4n) is 2.82. The third-order valence-corrected chi connectivity index (χ3v) is 4.26. The Morgan fingerprint density at radius 3 is 2.48 bits per heavy atom. The van der Waals surface area contributed by atoms with Crippen LogP contribution in [-0.4, -0.2) is 19.6 Å². The number of hydrogen-bond acceptors (Lipinski definition) is 4. The van der Waals surface area contributed by atoms with Gasteiger partial charge in [-0.25, -0.2) is 8.78 Å². The second kappa shape index (κ2) is 10.0. The van der Waals surface area contributed by atoms with E-state index in [1.165, 1.54) is 55.7 Å². The van der Waals surface area contributed by atoms with Gasteiger partial charge >= 0.3 is 0 Å². The number of nitrogens with one attached hydrogen (secondary N) is 1. The van der Waals surface area contributed by atoms with E-state index in [-0.39, 0.29) is 17.9 Å². The van der Waals surface area contributed by atoms with Crippen LogP contribution in [0.4, 0.5) is 14.5 Å². The molecule has 0 heterocycles. The van der Waals surface area contributed by atoms with Gasteiger partial charge in [-0.1, -0.05) is 24.3 Å². The Bertz CT molecular complexity index is 1150. The molecule has 31 heavy (non-hydrogen) atoms. The van der Waals surface area contributed by atoms with E-state index in [0.29, 0.717) is 22.6 Å². The number of carbonyl (C=O) groups is 1. The number of hydrogen-bond donors (Lipinski definition) is 1. The minimum Gasteiger partial charge on any atom is -0.493 e. The van der Waals surface area contributed by atoms with Crippen LogP contribution in [0.25, 0.3) is 11.6 Å². The smallest absolute Gasteiger partial charge is 0.262 e. The number of nitrogens with zero attached hydrogens (tertiary/aromatic N) is 1. The van der Waals surface area contributed by atoms with Gasteiger partial charge in [-0.2, -0.15) is 5.26 Å². The molecule has 1 N–H and O–H groups in total. The van der Waals surface area contributed by atoms with Gasteiger partial charge in [-0.15, -0.1) is 0 Å². The first-order valence-electron chi connectivity index (χ1n) is 9.23. The molecule has 1 amide bonds. The summed E-state index contributed by atoms with van der Waals surface area (Å²) in [4.78, 5) is 12.2. The largest absolute Gasteiger partial charge is 0.493 e. The maximum atomic E-state index is 13.6. The van der Waals surface area contributed by atoms with E-state index in [9.17, 15) is 18.8 Å². The molecular weight excluding hydrogens is 402 g/mol. The summed E-state index contributed by atoms with van der Waals surface area (Å²) in [6, 6.07) is 18.1. The van der Waals surface area contributed by atoms with E-state index in [4.69, 9.17) is 9.47 Å². The van der Waals surface area contributed by atoms with Gasteiger partial charge in [0, 0.05) is 11.3 Å². The fraction of sp³-hybridized carbons (Fsp3) is 0.0833. The molecule has 0 fully saturated rings. The first-order valence-corrected chi connectivity index (χ1v) is 9.23. The Morgan fingerprint density at radius 1 is 1.06 bits per heavy atom. The first kappa shape index (κ1) is 21.5. The van der Waals surface area contributed by atoms with Crippen LogP contribution in [0.15, 0.2) is 66.7 Å². The molecule has 0 bridgehead atoms. The maximum absolute atomic E-state index is 13.6. The summed E-state index contributed by atoms with van der Waals surface area (Å²) < 4.78 is 37.6. The van der Waals surface area contributed by atoms with Crippen molar-refractivity contribution in [2.45, 2.75) is 0 Å². The number of benzene rings is 3. The van der Waals surface area contributed by atoms with Crippen LogP contribution in [-0.2, 0) is 4.79 Å². The van der Waals surface area contributed by atoms with E-state index in [1.807, 2.05) is 6.07 Å². The summed E-state index contributed by atoms with van der Waals surface area (Å²) in [5.74, 6) is -0.717. The van der Waals surface area contributed by atoms with Gasteiger partial charge in [0.15, 0.2) is 18.1 Å². The molecule has 156 valence electrons. The Kier molecular flexibility index (Phi) is 6.97. The minimum absolute atomic E-state index is 0.216. The molecule has 0 atom stereocenters. The summed E-state index contributed by atoms with van der Waals surface area (Å²) in [6.07, 6.45) is 1.53. The number of allylic oxidation sites excluding steroid dienone is 1. The van der Waals surface area contributed by atoms with Gasteiger partial charge in [0.1, 0.15) is 11.6 Å². The van der Waals surface area contributed by atoms with E-state index in [0.717, 1.165) is 0 Å². The molecular formula is C24H18F2N2O3. The topological polar surface area (TPSA) is 71.3 Å². The van der Waals surface area contributed by atoms with E-state index >= 15 is 0 Å². The number of nitriles is 1. The van der Waals surface area contributed by atoms with Crippen molar-refractivity contribution in [1.29, 1.82) is 5.26 Å². The highest BCUT2D eigenvalue weighted by molar-refractivity contribution is 5.93. The van der Waals surface area contributed by atoms with Crippen molar-refractivity contribution in [2.24, 2.45) is 0 Å². The SMILES string of the molecule is COc1cccc(/C=C(/C#N)c2cccc(F)c2)c1OCC(=O)Nc1ccc(F)cc1. The average Bonchev–Trinajstić information content (AvgIpc) is 2.77. The van der Waals surface area contributed by atoms with Crippen LogP contribution in [0.3, 0.4) is 0 Å². The molecule has 5 nitrogen and oxygen atoms in total. The fourth-order valence-corrected chi connectivity index (χ4v) is 2.82. The number of methoxy groups -OCH3 is 1. The molecule has 3 rings (SSSR count). The summed E-state index contributed by atoms with van der Waals surface area (Å²) in [7, 11) is 1.45. The summed E-state index contributed by atoms with van der Waals surface area (Å²) in [5.41, 5.74) is 1.53. The van der Waals surface area contributed by atoms with Crippen molar-refractivity contribution in [1.82, 2.24) is 0 Å². The van der Waals surface area contributed by atoms with Crippen molar-refractivity contribution in [3.8, 4) is 17.6 Å². The van der Waals surface area contributed by atoms with Crippen LogP contribution in [0.2, 0.25) is 0 Å². The van der Waals surface area contributed by atoms with Crippen LogP contribution >= 0.6 is 0 Å². The normalized spacial score (nSPS) is 10.8. The second-order valence-corrected chi connectivity index (χ2v) is 6.40. The first-order chi connectivity index (χ1) is 15.0. The maximum Gasteiger partial charge on any atom is 0.262 e. The number of rotatable bonds is 7. The molecule has 3 aromatic carbocycles. The number of halogens is 2. The predicted molar refractivity (Wildman–Crippen MR) is 113 cm³/mol. The van der Waals surface area contributed by atoms with E-state index < -0.39 is 17.5 Å². The molecule has 0 saturated carbocycles. The zero-order valence-corrected chi connectivity index (χ0v) is 16.6. The Balaban J connectivity index is 1.84. The van der Waals surface area contributed by atoms with Crippen molar-refractivity contribution in [3.63, 3.8) is 0 Å². The predicted octanol–water partition coefficient (Wildman–Crippen LogP) is 5.06. The van der Waals surface area contributed by atoms with Crippen LogP contribution in [0, 0.1) is 23.0 Å². The molecule has 0 spiro atoms. The Morgan fingerprint density at radius 2 is 1.81 bits per heavy atom. The van der Waals surface area contributed by atoms with Crippen molar-refractivity contribution < 1.29 is 23.0 Å². The summed E-state index contributed by atoms with van der Waals surface area (Å²) in [5, 5.41) is 12.1. The highest BCUT2D eigenvalue weighted by Gasteiger charge is 2.13. The summed E-state index contributed by atoms with van der Waals surface area (Å²) in [6.45, 7) is -0.347. The standard InChI is InChI=1S/C24H18F2N2O3/c1-30-22-7-3-5-17(12-18(14-27)16-4-2-6-20(26)13-16)24(22)31-15-23(29)28-21-10-8-19(25)9-11-21/h2-13H,15H2,1H3,(H,28,29)/b18-12-. The van der Waals surface area contributed by atoms with Crippen LogP contribution in [0.1, 0.15) is 11.1 Å². The summed E-state index contributed by atoms with van der Waals surface area (Å²) >= 11 is 0. The molecule has 0 aliphatic carbocycles. The minimum atomic E-state index is -0.460. The zero-order chi connectivity index (χ0) is 22.2. The zero-order valence-electron chi connectivity index (χ0n) is 16.6. The lowest BCUT2D eigenvalue weighted by atomic mass is 10.0. The Hall–Kier alpha value is -4.18. The van der Waals surface area contributed by atoms with Crippen LogP contribution < -0.4 is 14.8 Å². The molecule has 0 radical (unpaired) electrons. The molecule has 0 aliphatic heterocycles. The number of carbonyl (C=O) groups excluding carboxylic acids is 1. The quantitative estimate of drug-likeness (QED) is 0.429. The number of para-hydroxylation sites is 1. The second-order valence-electron chi connectivity index (χ2n) is 6.40. The number of ether oxygens (including phenoxy) is 2. The highest BCUT2D eigenvalue weighted by Crippen LogP contribution is 2.34. The monoisotopic (exact) mass is 420 g/mol. The molecule has 0 aliphatic rings. The van der Waals surface area contributed by atoms with E-state index in [1.54, 1.807) is 24.3 Å². The average molecular weight is 420 g/mol. The molecule has 0 aromatic heterocycles. The van der Waals surface area contributed by atoms with Crippen LogP contribution in [0.5, 0.6) is 11.5 Å². The van der Waals surface area contributed by atoms with Crippen molar-refractivity contribution in [2.75, 3.05) is 19.0 Å². The van der Waals surface area contributed by atoms with Gasteiger partial charge in [0.2, 0.25) is 0 Å². The van der Waals surface area contributed by atoms with Gasteiger partial charge in [0.05, 0.1) is 18.8 Å². The Labute approximate surface area is 178 Å². The molecule has 0 saturated heterocycles. The highest BCUT2D eigenvalue weighted by atomic mass is 19.1. The van der Waals surface area contributed by atoms with Crippen molar-refractivity contribution >= 4 is 23.2 Å².